The van der Waals surface area contributed by atoms with Crippen LogP contribution in [-0.4, -0.2) is 33.1 Å². The molecule has 0 unspecified atom stereocenters. The molecule has 0 atom stereocenters. The Labute approximate surface area is 149 Å². The summed E-state index contributed by atoms with van der Waals surface area (Å²) in [4.78, 5) is 16.0. The molecule has 1 aliphatic heterocycles. The second-order valence-corrected chi connectivity index (χ2v) is 7.44. The summed E-state index contributed by atoms with van der Waals surface area (Å²) >= 11 is 1.47. The Bertz CT molecular complexity index is 955. The summed E-state index contributed by atoms with van der Waals surface area (Å²) in [7, 11) is 0. The van der Waals surface area contributed by atoms with E-state index >= 15 is 0 Å². The molecule has 0 amide bonds. The Hall–Kier alpha value is -2.56. The quantitative estimate of drug-likeness (QED) is 0.764. The summed E-state index contributed by atoms with van der Waals surface area (Å²) in [5.41, 5.74) is 0.872. The molecule has 1 fully saturated rings. The van der Waals surface area contributed by atoms with E-state index in [1.807, 2.05) is 43.3 Å². The number of benzene rings is 1. The molecule has 0 aliphatic carbocycles. The van der Waals surface area contributed by atoms with Gasteiger partial charge < -0.3 is 10.0 Å². The molecule has 0 bridgehead atoms. The number of rotatable bonds is 2. The molecule has 25 heavy (non-hydrogen) atoms. The number of fused-ring (bicyclic) bond motifs is 1. The number of thiazole rings is 1. The zero-order valence-corrected chi connectivity index (χ0v) is 14.6. The summed E-state index contributed by atoms with van der Waals surface area (Å²) in [6.07, 6.45) is 1.21. The SMILES string of the molecule is Cc1nc2c(N3CCC(O)(c4ccccc4)CC3)nc(C#N)nc2s1. The van der Waals surface area contributed by atoms with E-state index in [9.17, 15) is 10.4 Å². The highest BCUT2D eigenvalue weighted by atomic mass is 32.1. The monoisotopic (exact) mass is 351 g/mol. The van der Waals surface area contributed by atoms with Gasteiger partial charge in [0.05, 0.1) is 10.6 Å². The molecular formula is C18H17N5OS. The highest BCUT2D eigenvalue weighted by Crippen LogP contribution is 2.36. The number of aryl methyl sites for hydroxylation is 1. The van der Waals surface area contributed by atoms with E-state index in [0.29, 0.717) is 31.7 Å². The van der Waals surface area contributed by atoms with Gasteiger partial charge in [0.1, 0.15) is 11.6 Å². The van der Waals surface area contributed by atoms with Crippen LogP contribution in [0.1, 0.15) is 29.2 Å². The topological polar surface area (TPSA) is 85.9 Å². The molecule has 0 radical (unpaired) electrons. The molecule has 3 aromatic rings. The molecule has 1 N–H and O–H groups in total. The Morgan fingerprint density at radius 1 is 1.16 bits per heavy atom. The first-order chi connectivity index (χ1) is 12.1. The maximum Gasteiger partial charge on any atom is 0.235 e. The fourth-order valence-corrected chi connectivity index (χ4v) is 4.09. The third-order valence-corrected chi connectivity index (χ3v) is 5.51. The molecule has 1 saturated heterocycles. The number of aromatic nitrogens is 3. The largest absolute Gasteiger partial charge is 0.385 e. The van der Waals surface area contributed by atoms with Gasteiger partial charge >= 0.3 is 0 Å². The van der Waals surface area contributed by atoms with Gasteiger partial charge in [-0.25, -0.2) is 9.97 Å². The van der Waals surface area contributed by atoms with Crippen molar-refractivity contribution >= 4 is 27.5 Å². The maximum atomic E-state index is 11.0. The van der Waals surface area contributed by atoms with Crippen LogP contribution in [0.5, 0.6) is 0 Å². The van der Waals surface area contributed by atoms with Crippen LogP contribution in [0.15, 0.2) is 30.3 Å². The molecule has 6 nitrogen and oxygen atoms in total. The van der Waals surface area contributed by atoms with Crippen molar-refractivity contribution in [2.24, 2.45) is 0 Å². The van der Waals surface area contributed by atoms with E-state index in [4.69, 9.17) is 0 Å². The molecule has 0 saturated carbocycles. The number of hydrogen-bond donors (Lipinski definition) is 1. The predicted molar refractivity (Wildman–Crippen MR) is 96.4 cm³/mol. The molecule has 2 aromatic heterocycles. The number of hydrogen-bond acceptors (Lipinski definition) is 7. The maximum absolute atomic E-state index is 11.0. The van der Waals surface area contributed by atoms with Crippen LogP contribution in [-0.2, 0) is 5.60 Å². The van der Waals surface area contributed by atoms with Crippen LogP contribution in [0.4, 0.5) is 5.82 Å². The zero-order valence-electron chi connectivity index (χ0n) is 13.8. The standard InChI is InChI=1S/C18H17N5OS/c1-12-20-15-16(21-14(11-19)22-17(15)25-12)23-9-7-18(24,8-10-23)13-5-3-2-4-6-13/h2-6,24H,7-10H2,1H3. The van der Waals surface area contributed by atoms with Crippen LogP contribution in [0.25, 0.3) is 10.3 Å². The minimum atomic E-state index is -0.819. The van der Waals surface area contributed by atoms with Crippen LogP contribution in [0.2, 0.25) is 0 Å². The van der Waals surface area contributed by atoms with Gasteiger partial charge in [-0.3, -0.25) is 0 Å². The van der Waals surface area contributed by atoms with Crippen molar-refractivity contribution < 1.29 is 5.11 Å². The van der Waals surface area contributed by atoms with Gasteiger partial charge in [0.15, 0.2) is 10.6 Å². The average Bonchev–Trinajstić information content (AvgIpc) is 3.02. The van der Waals surface area contributed by atoms with Crippen molar-refractivity contribution in [3.63, 3.8) is 0 Å². The predicted octanol–water partition coefficient (Wildman–Crippen LogP) is 2.75. The second kappa shape index (κ2) is 6.06. The van der Waals surface area contributed by atoms with Crippen molar-refractivity contribution in [2.45, 2.75) is 25.4 Å². The first-order valence-corrected chi connectivity index (χ1v) is 8.99. The minimum absolute atomic E-state index is 0.162. The average molecular weight is 351 g/mol. The third-order valence-electron chi connectivity index (χ3n) is 4.65. The molecule has 0 spiro atoms. The third kappa shape index (κ3) is 2.84. The van der Waals surface area contributed by atoms with Crippen molar-refractivity contribution in [2.75, 3.05) is 18.0 Å². The fraction of sp³-hybridized carbons (Fsp3) is 0.333. The fourth-order valence-electron chi connectivity index (χ4n) is 3.31. The molecular weight excluding hydrogens is 334 g/mol. The Morgan fingerprint density at radius 2 is 1.88 bits per heavy atom. The highest BCUT2D eigenvalue weighted by molar-refractivity contribution is 7.18. The van der Waals surface area contributed by atoms with Crippen LogP contribution >= 0.6 is 11.3 Å². The van der Waals surface area contributed by atoms with Gasteiger partial charge in [-0.1, -0.05) is 41.7 Å². The van der Waals surface area contributed by atoms with E-state index in [1.165, 1.54) is 11.3 Å². The lowest BCUT2D eigenvalue weighted by Gasteiger charge is -2.39. The number of nitriles is 1. The molecule has 4 rings (SSSR count). The summed E-state index contributed by atoms with van der Waals surface area (Å²) in [5, 5.41) is 21.1. The summed E-state index contributed by atoms with van der Waals surface area (Å²) in [5.74, 6) is 0.857. The number of anilines is 1. The number of aliphatic hydroxyl groups is 1. The smallest absolute Gasteiger partial charge is 0.235 e. The van der Waals surface area contributed by atoms with Gasteiger partial charge in [0, 0.05) is 13.1 Å². The van der Waals surface area contributed by atoms with Gasteiger partial charge in [-0.15, -0.1) is 0 Å². The zero-order chi connectivity index (χ0) is 17.4. The van der Waals surface area contributed by atoms with Crippen LogP contribution < -0.4 is 4.90 Å². The lowest BCUT2D eigenvalue weighted by atomic mass is 9.84. The van der Waals surface area contributed by atoms with Crippen molar-refractivity contribution in [1.29, 1.82) is 5.26 Å². The molecule has 3 heterocycles. The number of piperidine rings is 1. The van der Waals surface area contributed by atoms with Gasteiger partial charge in [0.2, 0.25) is 5.82 Å². The van der Waals surface area contributed by atoms with E-state index in [-0.39, 0.29) is 5.82 Å². The Morgan fingerprint density at radius 3 is 2.56 bits per heavy atom. The van der Waals surface area contributed by atoms with Gasteiger partial charge in [0.25, 0.3) is 0 Å². The van der Waals surface area contributed by atoms with Crippen molar-refractivity contribution in [3.05, 3.63) is 46.7 Å². The number of nitrogens with zero attached hydrogens (tertiary/aromatic N) is 5. The second-order valence-electron chi connectivity index (χ2n) is 6.25. The Kier molecular flexibility index (Phi) is 3.86. The van der Waals surface area contributed by atoms with Crippen LogP contribution in [0.3, 0.4) is 0 Å². The van der Waals surface area contributed by atoms with Gasteiger partial charge in [-0.2, -0.15) is 10.2 Å². The van der Waals surface area contributed by atoms with Crippen LogP contribution in [0, 0.1) is 18.3 Å². The van der Waals surface area contributed by atoms with E-state index < -0.39 is 5.60 Å². The molecule has 126 valence electrons. The normalized spacial score (nSPS) is 16.8. The van der Waals surface area contributed by atoms with Gasteiger partial charge in [-0.05, 0) is 25.3 Å². The van der Waals surface area contributed by atoms with Crippen molar-refractivity contribution in [3.8, 4) is 6.07 Å². The lowest BCUT2D eigenvalue weighted by Crippen LogP contribution is -2.43. The summed E-state index contributed by atoms with van der Waals surface area (Å²) < 4.78 is 0. The summed E-state index contributed by atoms with van der Waals surface area (Å²) in [6, 6.07) is 11.8. The first-order valence-electron chi connectivity index (χ1n) is 8.17. The van der Waals surface area contributed by atoms with E-state index in [1.54, 1.807) is 0 Å². The molecule has 7 heteroatoms. The lowest BCUT2D eigenvalue weighted by molar-refractivity contribution is 0.0117. The van der Waals surface area contributed by atoms with Crippen molar-refractivity contribution in [1.82, 2.24) is 15.0 Å². The first kappa shape index (κ1) is 15.9. The van der Waals surface area contributed by atoms with E-state index in [2.05, 4.69) is 19.9 Å². The summed E-state index contributed by atoms with van der Waals surface area (Å²) in [6.45, 7) is 3.23. The Balaban J connectivity index is 1.65. The minimum Gasteiger partial charge on any atom is -0.385 e. The highest BCUT2D eigenvalue weighted by Gasteiger charge is 2.35. The molecule has 1 aromatic carbocycles. The van der Waals surface area contributed by atoms with E-state index in [0.717, 1.165) is 20.9 Å². The molecule has 1 aliphatic rings.